The van der Waals surface area contributed by atoms with E-state index in [9.17, 15) is 4.79 Å². The number of aryl methyl sites for hydroxylation is 1. The standard InChI is InChI=1S/C23H21BN4O2S/c1-15-13-18(30-2)7-8-19(15)27-22(24)20-9-10-21(31-20)23(29)26-16-3-5-17(6-4-16)28-12-11-25-14-28/h3-14,24,27H,1-2H3,(H,26,29). The number of carbonyl (C=O) groups excluding carboxylic acids is 1. The van der Waals surface area contributed by atoms with Crippen LogP contribution in [0.15, 0.2) is 73.3 Å². The molecule has 0 unspecified atom stereocenters. The fourth-order valence-corrected chi connectivity index (χ4v) is 3.90. The van der Waals surface area contributed by atoms with Gasteiger partial charge in [0.05, 0.1) is 0 Å². The number of anilines is 2. The van der Waals surface area contributed by atoms with Crippen molar-refractivity contribution in [3.8, 4) is 11.4 Å². The fourth-order valence-electron chi connectivity index (χ4n) is 3.07. The van der Waals surface area contributed by atoms with Gasteiger partial charge in [-0.3, -0.25) is 0 Å². The van der Waals surface area contributed by atoms with E-state index in [2.05, 4.69) is 23.1 Å². The van der Waals surface area contributed by atoms with Gasteiger partial charge >= 0.3 is 174 Å². The number of benzene rings is 2. The molecular formula is C23H21BN4O2S. The van der Waals surface area contributed by atoms with Crippen LogP contribution < -0.4 is 15.4 Å². The molecule has 0 radical (unpaired) electrons. The van der Waals surface area contributed by atoms with Crippen molar-refractivity contribution < 1.29 is 9.53 Å². The van der Waals surface area contributed by atoms with Gasteiger partial charge in [0.25, 0.3) is 0 Å². The Kier molecular flexibility index (Phi) is 6.00. The summed E-state index contributed by atoms with van der Waals surface area (Å²) in [6.07, 6.45) is 5.33. The molecular weight excluding hydrogens is 407 g/mol. The Morgan fingerprint density at radius 3 is 2.52 bits per heavy atom. The summed E-state index contributed by atoms with van der Waals surface area (Å²) < 4.78 is 7.15. The van der Waals surface area contributed by atoms with Crippen molar-refractivity contribution in [3.05, 3.63) is 88.6 Å². The Morgan fingerprint density at radius 2 is 1.84 bits per heavy atom. The van der Waals surface area contributed by atoms with E-state index < -0.39 is 0 Å². The van der Waals surface area contributed by atoms with E-state index >= 15 is 0 Å². The van der Waals surface area contributed by atoms with Crippen LogP contribution in [0, 0.1) is 6.92 Å². The van der Waals surface area contributed by atoms with Crippen molar-refractivity contribution in [3.63, 3.8) is 0 Å². The number of thiophene rings is 1. The number of amides is 1. The molecule has 154 valence electrons. The number of rotatable bonds is 7. The van der Waals surface area contributed by atoms with E-state index in [0.29, 0.717) is 4.88 Å². The molecule has 0 spiro atoms. The summed E-state index contributed by atoms with van der Waals surface area (Å²) in [6.45, 7) is 2.00. The Labute approximate surface area is 185 Å². The molecule has 0 aliphatic rings. The molecule has 4 aromatic rings. The molecule has 6 nitrogen and oxygen atoms in total. The van der Waals surface area contributed by atoms with Crippen LogP contribution in [-0.2, 0) is 0 Å². The fraction of sp³-hybridized carbons (Fsp3) is 0.0870. The topological polar surface area (TPSA) is 68.2 Å². The number of hydrogen-bond acceptors (Lipinski definition) is 5. The van der Waals surface area contributed by atoms with Crippen molar-refractivity contribution in [2.75, 3.05) is 17.7 Å². The van der Waals surface area contributed by atoms with Crippen molar-refractivity contribution in [1.29, 1.82) is 0 Å². The first-order chi connectivity index (χ1) is 15.0. The third-order valence-corrected chi connectivity index (χ3v) is 5.92. The number of imidazole rings is 1. The number of nitrogens with zero attached hydrogens (tertiary/aromatic N) is 2. The third-order valence-electron chi connectivity index (χ3n) is 4.77. The van der Waals surface area contributed by atoms with Crippen LogP contribution in [0.2, 0.25) is 0 Å². The number of aromatic nitrogens is 2. The normalized spacial score (nSPS) is 10.5. The molecule has 8 heteroatoms. The van der Waals surface area contributed by atoms with Gasteiger partial charge in [0, 0.05) is 6.20 Å². The van der Waals surface area contributed by atoms with Crippen LogP contribution in [-0.4, -0.2) is 35.6 Å². The minimum absolute atomic E-state index is 0.153. The van der Waals surface area contributed by atoms with Crippen LogP contribution in [0.4, 0.5) is 11.4 Å². The Morgan fingerprint density at radius 1 is 1.06 bits per heavy atom. The number of nitrogens with one attached hydrogen (secondary N) is 2. The summed E-state index contributed by atoms with van der Waals surface area (Å²) >= 11 is 1.39. The zero-order chi connectivity index (χ0) is 21.8. The molecule has 2 N–H and O–H groups in total. The predicted octanol–water partition coefficient (Wildman–Crippen LogP) is 3.99. The molecule has 2 heterocycles. The van der Waals surface area contributed by atoms with Crippen molar-refractivity contribution >= 4 is 41.7 Å². The van der Waals surface area contributed by atoms with Gasteiger partial charge in [0.15, 0.2) is 0 Å². The molecule has 0 fully saturated rings. The van der Waals surface area contributed by atoms with E-state index in [0.717, 1.165) is 38.8 Å². The van der Waals surface area contributed by atoms with Gasteiger partial charge in [0.1, 0.15) is 0 Å². The third kappa shape index (κ3) is 4.75. The van der Waals surface area contributed by atoms with Crippen LogP contribution >= 0.6 is 11.3 Å². The van der Waals surface area contributed by atoms with E-state index in [1.54, 1.807) is 19.6 Å². The first-order valence-corrected chi connectivity index (χ1v) is 10.5. The minimum atomic E-state index is -0.153. The van der Waals surface area contributed by atoms with Gasteiger partial charge in [-0.25, -0.2) is 4.98 Å². The molecule has 0 aliphatic heterocycles. The van der Waals surface area contributed by atoms with Gasteiger partial charge < -0.3 is 0 Å². The zero-order valence-electron chi connectivity index (χ0n) is 17.3. The number of ether oxygens (including phenoxy) is 1. The maximum atomic E-state index is 12.7. The molecule has 0 bridgehead atoms. The second-order valence-corrected chi connectivity index (χ2v) is 8.00. The van der Waals surface area contributed by atoms with Gasteiger partial charge in [0.2, 0.25) is 0 Å². The summed E-state index contributed by atoms with van der Waals surface area (Å²) in [5.41, 5.74) is 4.44. The summed E-state index contributed by atoms with van der Waals surface area (Å²) in [5.74, 6) is 0.655. The first-order valence-electron chi connectivity index (χ1n) is 9.64. The summed E-state index contributed by atoms with van der Waals surface area (Å²) in [7, 11) is 5.77. The molecule has 2 aromatic carbocycles. The summed E-state index contributed by atoms with van der Waals surface area (Å²) in [4.78, 5) is 18.2. The number of carbonyl (C=O) groups is 1. The SMILES string of the molecule is B=C(Nc1ccc(OC)cc1C)c1ccc(C(=O)Nc2ccc(-n3ccnc3)cc2)s1. The Balaban J connectivity index is 1.41. The molecule has 0 saturated carbocycles. The van der Waals surface area contributed by atoms with Crippen molar-refractivity contribution in [2.45, 2.75) is 6.92 Å². The molecule has 31 heavy (non-hydrogen) atoms. The van der Waals surface area contributed by atoms with Gasteiger partial charge in [-0.05, 0) is 0 Å². The molecule has 4 rings (SSSR count). The predicted molar refractivity (Wildman–Crippen MR) is 128 cm³/mol. The molecule has 0 saturated heterocycles. The average Bonchev–Trinajstić information content (AvgIpc) is 3.48. The Bertz CT molecular complexity index is 1220. The van der Waals surface area contributed by atoms with Crippen molar-refractivity contribution in [2.24, 2.45) is 0 Å². The number of hydrogen-bond donors (Lipinski definition) is 2. The van der Waals surface area contributed by atoms with E-state index in [4.69, 9.17) is 4.74 Å². The van der Waals surface area contributed by atoms with Crippen molar-refractivity contribution in [1.82, 2.24) is 9.55 Å². The number of methoxy groups -OCH3 is 1. The molecule has 0 atom stereocenters. The van der Waals surface area contributed by atoms with Gasteiger partial charge in [-0.15, -0.1) is 0 Å². The van der Waals surface area contributed by atoms with E-state index in [1.165, 1.54) is 11.3 Å². The molecule has 2 aromatic heterocycles. The van der Waals surface area contributed by atoms with Gasteiger partial charge in [-0.2, -0.15) is 0 Å². The first kappa shape index (κ1) is 20.6. The monoisotopic (exact) mass is 428 g/mol. The Hall–Kier alpha value is -3.65. The second-order valence-electron chi connectivity index (χ2n) is 6.92. The second kappa shape index (κ2) is 9.01. The molecule has 1 amide bonds. The van der Waals surface area contributed by atoms with Crippen LogP contribution in [0.1, 0.15) is 20.1 Å². The summed E-state index contributed by atoms with van der Waals surface area (Å²) in [6, 6.07) is 17.1. The van der Waals surface area contributed by atoms with Gasteiger partial charge in [-0.1, -0.05) is 0 Å². The molecule has 0 aliphatic carbocycles. The average molecular weight is 428 g/mol. The zero-order valence-corrected chi connectivity index (χ0v) is 18.1. The van der Waals surface area contributed by atoms with E-state index in [-0.39, 0.29) is 5.91 Å². The van der Waals surface area contributed by atoms with Crippen LogP contribution in [0.5, 0.6) is 5.75 Å². The van der Waals surface area contributed by atoms with Crippen LogP contribution in [0.25, 0.3) is 5.69 Å². The quantitative estimate of drug-likeness (QED) is 0.437. The van der Waals surface area contributed by atoms with E-state index in [1.807, 2.05) is 72.3 Å². The van der Waals surface area contributed by atoms with Crippen LogP contribution in [0.3, 0.4) is 0 Å². The maximum absolute atomic E-state index is 12.7. The summed E-state index contributed by atoms with van der Waals surface area (Å²) in [5, 5.41) is 6.26.